The zero-order valence-corrected chi connectivity index (χ0v) is 17.1. The van der Waals surface area contributed by atoms with Crippen molar-refractivity contribution in [2.45, 2.75) is 32.2 Å². The molecule has 152 valence electrons. The Morgan fingerprint density at radius 2 is 1.90 bits per heavy atom. The van der Waals surface area contributed by atoms with Gasteiger partial charge in [0.1, 0.15) is 11.4 Å². The second-order valence-corrected chi connectivity index (χ2v) is 8.01. The molecular formula is C23H24ClFN2O2. The van der Waals surface area contributed by atoms with Gasteiger partial charge in [0, 0.05) is 22.5 Å². The first kappa shape index (κ1) is 19.9. The van der Waals surface area contributed by atoms with Crippen LogP contribution in [-0.2, 0) is 0 Å². The number of rotatable bonds is 5. The Bertz CT molecular complexity index is 1010. The number of benzene rings is 2. The molecule has 1 aliphatic heterocycles. The maximum Gasteiger partial charge on any atom is 0.287 e. The van der Waals surface area contributed by atoms with Crippen molar-refractivity contribution < 1.29 is 13.6 Å². The van der Waals surface area contributed by atoms with Crippen LogP contribution in [0.2, 0.25) is 5.02 Å². The lowest BCUT2D eigenvalue weighted by molar-refractivity contribution is 0.0898. The third-order valence-corrected chi connectivity index (χ3v) is 5.90. The van der Waals surface area contributed by atoms with Crippen molar-refractivity contribution in [1.82, 2.24) is 10.2 Å². The number of carbonyl (C=O) groups excluding carboxylic acids is 1. The molecule has 29 heavy (non-hydrogen) atoms. The molecule has 0 aliphatic carbocycles. The predicted molar refractivity (Wildman–Crippen MR) is 113 cm³/mol. The summed E-state index contributed by atoms with van der Waals surface area (Å²) in [5, 5.41) is 4.34. The Morgan fingerprint density at radius 1 is 1.17 bits per heavy atom. The minimum absolute atomic E-state index is 0.0682. The molecule has 1 fully saturated rings. The monoisotopic (exact) mass is 414 g/mol. The minimum atomic E-state index is -0.346. The second kappa shape index (κ2) is 8.56. The van der Waals surface area contributed by atoms with E-state index in [9.17, 15) is 9.18 Å². The first-order valence-corrected chi connectivity index (χ1v) is 10.4. The Hall–Kier alpha value is -2.37. The topological polar surface area (TPSA) is 45.5 Å². The number of hydrogen-bond acceptors (Lipinski definition) is 3. The van der Waals surface area contributed by atoms with Gasteiger partial charge in [0.15, 0.2) is 5.76 Å². The summed E-state index contributed by atoms with van der Waals surface area (Å²) in [6.07, 6.45) is 3.56. The van der Waals surface area contributed by atoms with E-state index < -0.39 is 0 Å². The summed E-state index contributed by atoms with van der Waals surface area (Å²) in [7, 11) is 0. The molecule has 0 bridgehead atoms. The number of nitrogens with zero attached hydrogens (tertiary/aromatic N) is 1. The number of likely N-dealkylation sites (tertiary alicyclic amines) is 1. The number of fused-ring (bicyclic) bond motifs is 1. The van der Waals surface area contributed by atoms with Crippen LogP contribution in [0, 0.1) is 12.7 Å². The highest BCUT2D eigenvalue weighted by Gasteiger charge is 2.24. The van der Waals surface area contributed by atoms with E-state index in [1.807, 2.05) is 24.3 Å². The maximum atomic E-state index is 13.5. The Balaban J connectivity index is 1.54. The van der Waals surface area contributed by atoms with Gasteiger partial charge in [0.2, 0.25) is 0 Å². The van der Waals surface area contributed by atoms with Crippen LogP contribution in [0.1, 0.15) is 47.0 Å². The highest BCUT2D eigenvalue weighted by atomic mass is 35.5. The van der Waals surface area contributed by atoms with Gasteiger partial charge in [0.25, 0.3) is 5.91 Å². The van der Waals surface area contributed by atoms with Crippen LogP contribution in [0.4, 0.5) is 4.39 Å². The normalized spacial score (nSPS) is 16.1. The number of carbonyl (C=O) groups is 1. The van der Waals surface area contributed by atoms with Crippen molar-refractivity contribution in [3.05, 3.63) is 70.2 Å². The van der Waals surface area contributed by atoms with Gasteiger partial charge in [-0.25, -0.2) is 4.39 Å². The zero-order valence-electron chi connectivity index (χ0n) is 16.4. The van der Waals surface area contributed by atoms with E-state index >= 15 is 0 Å². The highest BCUT2D eigenvalue weighted by molar-refractivity contribution is 6.30. The van der Waals surface area contributed by atoms with Crippen LogP contribution in [0.15, 0.2) is 46.9 Å². The van der Waals surface area contributed by atoms with Crippen molar-refractivity contribution in [3.8, 4) is 0 Å². The number of hydrogen-bond donors (Lipinski definition) is 1. The quantitative estimate of drug-likeness (QED) is 0.600. The van der Waals surface area contributed by atoms with E-state index in [1.54, 1.807) is 13.0 Å². The molecule has 2 aromatic carbocycles. The summed E-state index contributed by atoms with van der Waals surface area (Å²) in [5.74, 6) is -0.393. The van der Waals surface area contributed by atoms with Crippen LogP contribution in [0.3, 0.4) is 0 Å². The van der Waals surface area contributed by atoms with Crippen molar-refractivity contribution >= 4 is 28.5 Å². The van der Waals surface area contributed by atoms with E-state index in [2.05, 4.69) is 10.2 Å². The molecule has 0 radical (unpaired) electrons. The molecular weight excluding hydrogens is 391 g/mol. The predicted octanol–water partition coefficient (Wildman–Crippen LogP) is 5.49. The molecule has 1 aromatic heterocycles. The van der Waals surface area contributed by atoms with E-state index in [1.165, 1.54) is 18.6 Å². The third-order valence-electron chi connectivity index (χ3n) is 5.65. The number of halogens is 2. The fourth-order valence-corrected chi connectivity index (χ4v) is 4.18. The number of piperidine rings is 1. The van der Waals surface area contributed by atoms with Crippen molar-refractivity contribution in [1.29, 1.82) is 0 Å². The minimum Gasteiger partial charge on any atom is -0.451 e. The van der Waals surface area contributed by atoms with E-state index in [0.29, 0.717) is 28.1 Å². The van der Waals surface area contributed by atoms with Crippen LogP contribution in [-0.4, -0.2) is 30.4 Å². The van der Waals surface area contributed by atoms with Gasteiger partial charge in [-0.05, 0) is 68.8 Å². The molecule has 1 atom stereocenters. The van der Waals surface area contributed by atoms with Gasteiger partial charge in [-0.1, -0.05) is 30.2 Å². The van der Waals surface area contributed by atoms with Gasteiger partial charge < -0.3 is 9.73 Å². The smallest absolute Gasteiger partial charge is 0.287 e. The first-order chi connectivity index (χ1) is 14.0. The summed E-state index contributed by atoms with van der Waals surface area (Å²) in [4.78, 5) is 15.3. The van der Waals surface area contributed by atoms with Crippen LogP contribution in [0.25, 0.3) is 11.0 Å². The van der Waals surface area contributed by atoms with Gasteiger partial charge in [0.05, 0.1) is 6.04 Å². The molecule has 6 heteroatoms. The largest absolute Gasteiger partial charge is 0.451 e. The van der Waals surface area contributed by atoms with Crippen molar-refractivity contribution in [2.75, 3.05) is 19.6 Å². The van der Waals surface area contributed by atoms with Crippen molar-refractivity contribution in [3.63, 3.8) is 0 Å². The Labute approximate surface area is 174 Å². The fraction of sp³-hybridized carbons (Fsp3) is 0.348. The Kier molecular flexibility index (Phi) is 5.88. The summed E-state index contributed by atoms with van der Waals surface area (Å²) in [6.45, 7) is 4.25. The summed E-state index contributed by atoms with van der Waals surface area (Å²) < 4.78 is 19.3. The van der Waals surface area contributed by atoms with Gasteiger partial charge in [-0.2, -0.15) is 0 Å². The lowest BCUT2D eigenvalue weighted by atomic mass is 10.0. The van der Waals surface area contributed by atoms with E-state index in [0.717, 1.165) is 31.5 Å². The average Bonchev–Trinajstić information content (AvgIpc) is 3.06. The van der Waals surface area contributed by atoms with Crippen LogP contribution >= 0.6 is 11.6 Å². The SMILES string of the molecule is Cc1c(C(=O)NC[C@H](c2ccc(Cl)cc2)N2CCCCC2)oc2ccc(F)cc12. The van der Waals surface area contributed by atoms with Gasteiger partial charge in [-0.15, -0.1) is 0 Å². The maximum absolute atomic E-state index is 13.5. The molecule has 0 spiro atoms. The standard InChI is InChI=1S/C23H24ClFN2O2/c1-15-19-13-18(25)9-10-21(19)29-22(15)23(28)26-14-20(27-11-3-2-4-12-27)16-5-7-17(24)8-6-16/h5-10,13,20H,2-4,11-12,14H2,1H3,(H,26,28)/t20-/m1/s1. The molecule has 4 rings (SSSR count). The molecule has 1 saturated heterocycles. The molecule has 0 unspecified atom stereocenters. The van der Waals surface area contributed by atoms with E-state index in [-0.39, 0.29) is 23.5 Å². The molecule has 1 aliphatic rings. The zero-order chi connectivity index (χ0) is 20.4. The molecule has 0 saturated carbocycles. The van der Waals surface area contributed by atoms with Crippen LogP contribution in [0.5, 0.6) is 0 Å². The number of furan rings is 1. The molecule has 1 amide bonds. The molecule has 3 aromatic rings. The average molecular weight is 415 g/mol. The molecule has 1 N–H and O–H groups in total. The Morgan fingerprint density at radius 3 is 2.62 bits per heavy atom. The first-order valence-electron chi connectivity index (χ1n) is 9.99. The molecule has 4 nitrogen and oxygen atoms in total. The summed E-state index contributed by atoms with van der Waals surface area (Å²) in [6, 6.07) is 12.2. The number of nitrogens with one attached hydrogen (secondary N) is 1. The second-order valence-electron chi connectivity index (χ2n) is 7.57. The van der Waals surface area contributed by atoms with Gasteiger partial charge >= 0.3 is 0 Å². The lowest BCUT2D eigenvalue weighted by Crippen LogP contribution is -2.40. The lowest BCUT2D eigenvalue weighted by Gasteiger charge is -2.35. The third kappa shape index (κ3) is 4.31. The van der Waals surface area contributed by atoms with Crippen molar-refractivity contribution in [2.24, 2.45) is 0 Å². The number of aryl methyl sites for hydroxylation is 1. The summed E-state index contributed by atoms with van der Waals surface area (Å²) >= 11 is 6.05. The van der Waals surface area contributed by atoms with Gasteiger partial charge in [-0.3, -0.25) is 9.69 Å². The highest BCUT2D eigenvalue weighted by Crippen LogP contribution is 2.28. The van der Waals surface area contributed by atoms with Crippen LogP contribution < -0.4 is 5.32 Å². The number of amides is 1. The van der Waals surface area contributed by atoms with E-state index in [4.69, 9.17) is 16.0 Å². The fourth-order valence-electron chi connectivity index (χ4n) is 4.05. The molecule has 2 heterocycles. The summed E-state index contributed by atoms with van der Waals surface area (Å²) in [5.41, 5.74) is 2.29.